The van der Waals surface area contributed by atoms with Gasteiger partial charge in [-0.05, 0) is 89.6 Å². The van der Waals surface area contributed by atoms with Crippen molar-refractivity contribution in [2.24, 2.45) is 0 Å². The fourth-order valence-corrected chi connectivity index (χ4v) is 7.92. The number of furan rings is 2. The Morgan fingerprint density at radius 1 is 0.380 bits per heavy atom. The Labute approximate surface area is 286 Å². The lowest BCUT2D eigenvalue weighted by molar-refractivity contribution is 0.669. The molecular formula is C46H28N2O2. The molecule has 0 aliphatic heterocycles. The summed E-state index contributed by atoms with van der Waals surface area (Å²) in [6.45, 7) is 0. The molecule has 11 rings (SSSR count). The second-order valence-corrected chi connectivity index (χ2v) is 13.0. The molecule has 0 atom stereocenters. The van der Waals surface area contributed by atoms with Crippen molar-refractivity contribution in [2.75, 3.05) is 4.90 Å². The highest BCUT2D eigenvalue weighted by molar-refractivity contribution is 6.17. The summed E-state index contributed by atoms with van der Waals surface area (Å²) < 4.78 is 15.1. The van der Waals surface area contributed by atoms with Gasteiger partial charge >= 0.3 is 0 Å². The van der Waals surface area contributed by atoms with E-state index in [2.05, 4.69) is 155 Å². The van der Waals surface area contributed by atoms with E-state index in [1.807, 2.05) is 24.3 Å². The number of fused-ring (bicyclic) bond motifs is 10. The van der Waals surface area contributed by atoms with E-state index in [4.69, 9.17) is 8.83 Å². The molecule has 0 radical (unpaired) electrons. The Kier molecular flexibility index (Phi) is 5.63. The third kappa shape index (κ3) is 3.93. The molecule has 0 saturated carbocycles. The molecule has 11 aromatic rings. The molecule has 0 N–H and O–H groups in total. The summed E-state index contributed by atoms with van der Waals surface area (Å²) >= 11 is 0. The van der Waals surface area contributed by atoms with Crippen LogP contribution < -0.4 is 4.90 Å². The van der Waals surface area contributed by atoms with Gasteiger partial charge in [-0.3, -0.25) is 0 Å². The van der Waals surface area contributed by atoms with Crippen LogP contribution in [0.25, 0.3) is 82.1 Å². The number of aromatic nitrogens is 1. The lowest BCUT2D eigenvalue weighted by Gasteiger charge is -2.27. The van der Waals surface area contributed by atoms with E-state index in [1.54, 1.807) is 0 Å². The number of hydrogen-bond acceptors (Lipinski definition) is 3. The number of benzene rings is 8. The van der Waals surface area contributed by atoms with Gasteiger partial charge in [0, 0.05) is 55.4 Å². The molecule has 50 heavy (non-hydrogen) atoms. The maximum atomic E-state index is 6.44. The topological polar surface area (TPSA) is 34.5 Å². The van der Waals surface area contributed by atoms with Crippen molar-refractivity contribution < 1.29 is 8.83 Å². The predicted octanol–water partition coefficient (Wildman–Crippen LogP) is 13.2. The Balaban J connectivity index is 1.20. The van der Waals surface area contributed by atoms with E-state index in [0.717, 1.165) is 77.5 Å². The molecule has 0 spiro atoms. The van der Waals surface area contributed by atoms with Crippen molar-refractivity contribution >= 4 is 93.5 Å². The maximum Gasteiger partial charge on any atom is 0.137 e. The molecule has 8 aromatic carbocycles. The van der Waals surface area contributed by atoms with Crippen molar-refractivity contribution in [1.29, 1.82) is 0 Å². The summed E-state index contributed by atoms with van der Waals surface area (Å²) in [5.74, 6) is 0. The van der Waals surface area contributed by atoms with Gasteiger partial charge in [-0.25, -0.2) is 0 Å². The van der Waals surface area contributed by atoms with Crippen LogP contribution in [0.1, 0.15) is 0 Å². The first-order valence-corrected chi connectivity index (χ1v) is 16.9. The molecule has 234 valence electrons. The minimum atomic E-state index is 0.859. The number of hydrogen-bond donors (Lipinski definition) is 0. The molecule has 3 aromatic heterocycles. The highest BCUT2D eigenvalue weighted by Crippen LogP contribution is 2.46. The smallest absolute Gasteiger partial charge is 0.137 e. The minimum absolute atomic E-state index is 0.859. The zero-order valence-electron chi connectivity index (χ0n) is 26.9. The first kappa shape index (κ1) is 27.2. The highest BCUT2D eigenvalue weighted by Gasteiger charge is 2.22. The predicted molar refractivity (Wildman–Crippen MR) is 208 cm³/mol. The zero-order valence-corrected chi connectivity index (χ0v) is 26.9. The SMILES string of the molecule is c1ccc(-n2c3ccccc3c3c(N(c4ccc5cc6c(cc5c4)oc4ccccc46)c4ccc5c(c4)oc4ccccc45)cccc32)cc1. The van der Waals surface area contributed by atoms with E-state index in [0.29, 0.717) is 0 Å². The van der Waals surface area contributed by atoms with E-state index < -0.39 is 0 Å². The zero-order chi connectivity index (χ0) is 32.8. The number of para-hydroxylation sites is 4. The van der Waals surface area contributed by atoms with Crippen LogP contribution in [0.4, 0.5) is 17.1 Å². The summed E-state index contributed by atoms with van der Waals surface area (Å²) in [6.07, 6.45) is 0. The molecule has 0 aliphatic carbocycles. The minimum Gasteiger partial charge on any atom is -0.456 e. The van der Waals surface area contributed by atoms with Crippen molar-refractivity contribution in [1.82, 2.24) is 4.57 Å². The van der Waals surface area contributed by atoms with Crippen molar-refractivity contribution in [2.45, 2.75) is 0 Å². The Hall–Kier alpha value is -6.78. The Morgan fingerprint density at radius 2 is 1.00 bits per heavy atom. The average Bonchev–Trinajstić information content (AvgIpc) is 3.83. The fourth-order valence-electron chi connectivity index (χ4n) is 7.92. The van der Waals surface area contributed by atoms with Gasteiger partial charge in [-0.1, -0.05) is 84.9 Å². The number of rotatable bonds is 4. The van der Waals surface area contributed by atoms with E-state index >= 15 is 0 Å². The standard InChI is InChI=1S/C46H28N2O2/c1-2-11-31(12-3-1)48-39-16-7-4-15-37(39)46-40(17-10-18-41(46)48)47(33-23-24-36-34-13-5-8-19-42(34)50-45(36)28-33)32-22-21-29-26-38-35-14-6-9-20-43(35)49-44(38)27-30(29)25-32/h1-28H. The van der Waals surface area contributed by atoms with Crippen molar-refractivity contribution in [3.63, 3.8) is 0 Å². The molecular weight excluding hydrogens is 613 g/mol. The highest BCUT2D eigenvalue weighted by atomic mass is 16.3. The maximum absolute atomic E-state index is 6.44. The molecule has 4 nitrogen and oxygen atoms in total. The van der Waals surface area contributed by atoms with Crippen LogP contribution in [-0.4, -0.2) is 4.57 Å². The van der Waals surface area contributed by atoms with Crippen LogP contribution in [0.15, 0.2) is 179 Å². The van der Waals surface area contributed by atoms with Gasteiger partial charge in [-0.15, -0.1) is 0 Å². The molecule has 0 fully saturated rings. The van der Waals surface area contributed by atoms with E-state index in [1.165, 1.54) is 21.7 Å². The number of anilines is 3. The van der Waals surface area contributed by atoms with Gasteiger partial charge in [0.15, 0.2) is 0 Å². The van der Waals surface area contributed by atoms with Crippen LogP contribution in [0.3, 0.4) is 0 Å². The third-order valence-corrected chi connectivity index (χ3v) is 10.1. The van der Waals surface area contributed by atoms with Crippen molar-refractivity contribution in [3.8, 4) is 5.69 Å². The van der Waals surface area contributed by atoms with Crippen LogP contribution in [-0.2, 0) is 0 Å². The first-order chi connectivity index (χ1) is 24.8. The molecule has 0 amide bonds. The van der Waals surface area contributed by atoms with Crippen LogP contribution in [0, 0.1) is 0 Å². The largest absolute Gasteiger partial charge is 0.456 e. The second kappa shape index (κ2) is 10.4. The summed E-state index contributed by atoms with van der Waals surface area (Å²) in [7, 11) is 0. The van der Waals surface area contributed by atoms with E-state index in [-0.39, 0.29) is 0 Å². The van der Waals surface area contributed by atoms with Crippen LogP contribution in [0.2, 0.25) is 0 Å². The average molecular weight is 641 g/mol. The van der Waals surface area contributed by atoms with Gasteiger partial charge < -0.3 is 18.3 Å². The first-order valence-electron chi connectivity index (χ1n) is 16.9. The van der Waals surface area contributed by atoms with Gasteiger partial charge in [0.2, 0.25) is 0 Å². The lowest BCUT2D eigenvalue weighted by Crippen LogP contribution is -2.10. The molecule has 4 heteroatoms. The van der Waals surface area contributed by atoms with Gasteiger partial charge in [-0.2, -0.15) is 0 Å². The quantitative estimate of drug-likeness (QED) is 0.192. The van der Waals surface area contributed by atoms with Crippen LogP contribution in [0.5, 0.6) is 0 Å². The Bertz CT molecular complexity index is 3110. The third-order valence-electron chi connectivity index (χ3n) is 10.1. The molecule has 0 aliphatic rings. The van der Waals surface area contributed by atoms with Crippen LogP contribution >= 0.6 is 0 Å². The molecule has 0 saturated heterocycles. The summed E-state index contributed by atoms with van der Waals surface area (Å²) in [5.41, 5.74) is 10.1. The second-order valence-electron chi connectivity index (χ2n) is 13.0. The molecule has 3 heterocycles. The Morgan fingerprint density at radius 3 is 1.82 bits per heavy atom. The van der Waals surface area contributed by atoms with Gasteiger partial charge in [0.25, 0.3) is 0 Å². The number of nitrogens with zero attached hydrogens (tertiary/aromatic N) is 2. The molecule has 0 unspecified atom stereocenters. The normalized spacial score (nSPS) is 12.0. The monoisotopic (exact) mass is 640 g/mol. The van der Waals surface area contributed by atoms with Gasteiger partial charge in [0.05, 0.1) is 16.7 Å². The lowest BCUT2D eigenvalue weighted by atomic mass is 10.0. The molecule has 0 bridgehead atoms. The van der Waals surface area contributed by atoms with E-state index in [9.17, 15) is 0 Å². The summed E-state index contributed by atoms with van der Waals surface area (Å²) in [4.78, 5) is 2.37. The fraction of sp³-hybridized carbons (Fsp3) is 0. The van der Waals surface area contributed by atoms with Crippen molar-refractivity contribution in [3.05, 3.63) is 170 Å². The summed E-state index contributed by atoms with van der Waals surface area (Å²) in [5, 5.41) is 9.15. The summed E-state index contributed by atoms with van der Waals surface area (Å²) in [6, 6.07) is 60.2. The van der Waals surface area contributed by atoms with Gasteiger partial charge in [0.1, 0.15) is 22.3 Å².